The van der Waals surface area contributed by atoms with Crippen molar-refractivity contribution in [3.05, 3.63) is 47.8 Å². The SMILES string of the molecule is C=C(N)CC[C@@H](C)n1c(C)c(C(=O)OC)c2ccccc21. The molecule has 0 aliphatic carbocycles. The van der Waals surface area contributed by atoms with Crippen LogP contribution in [0.3, 0.4) is 0 Å². The summed E-state index contributed by atoms with van der Waals surface area (Å²) in [5.74, 6) is -0.294. The maximum Gasteiger partial charge on any atom is 0.340 e. The lowest BCUT2D eigenvalue weighted by Gasteiger charge is -2.17. The van der Waals surface area contributed by atoms with Gasteiger partial charge in [-0.25, -0.2) is 4.79 Å². The molecule has 4 nitrogen and oxygen atoms in total. The molecule has 21 heavy (non-hydrogen) atoms. The molecule has 0 aliphatic rings. The number of esters is 1. The number of allylic oxidation sites excluding steroid dienone is 1. The zero-order valence-corrected chi connectivity index (χ0v) is 12.8. The van der Waals surface area contributed by atoms with Gasteiger partial charge in [0.25, 0.3) is 0 Å². The largest absolute Gasteiger partial charge is 0.465 e. The van der Waals surface area contributed by atoms with Crippen LogP contribution >= 0.6 is 0 Å². The second kappa shape index (κ2) is 6.04. The summed E-state index contributed by atoms with van der Waals surface area (Å²) in [4.78, 5) is 12.1. The number of carbonyl (C=O) groups is 1. The standard InChI is InChI=1S/C17H22N2O2/c1-11(18)9-10-12(2)19-13(3)16(17(20)21-4)14-7-5-6-8-15(14)19/h5-8,12H,1,9-10,18H2,2-4H3/t12-/m1/s1. The van der Waals surface area contributed by atoms with Gasteiger partial charge in [0, 0.05) is 28.3 Å². The number of carbonyl (C=O) groups excluding carboxylic acids is 1. The lowest BCUT2D eigenvalue weighted by Crippen LogP contribution is -2.10. The molecular formula is C17H22N2O2. The molecule has 112 valence electrons. The summed E-state index contributed by atoms with van der Waals surface area (Å²) in [5.41, 5.74) is 8.97. The third kappa shape index (κ3) is 2.79. The third-order valence-corrected chi connectivity index (χ3v) is 3.87. The third-order valence-electron chi connectivity index (χ3n) is 3.87. The number of fused-ring (bicyclic) bond motifs is 1. The Balaban J connectivity index is 2.55. The van der Waals surface area contributed by atoms with Gasteiger partial charge in [-0.3, -0.25) is 0 Å². The number of para-hydroxylation sites is 1. The van der Waals surface area contributed by atoms with Crippen molar-refractivity contribution in [2.75, 3.05) is 7.11 Å². The van der Waals surface area contributed by atoms with Crippen LogP contribution in [0.4, 0.5) is 0 Å². The number of aromatic nitrogens is 1. The van der Waals surface area contributed by atoms with Gasteiger partial charge in [0.05, 0.1) is 12.7 Å². The fourth-order valence-corrected chi connectivity index (χ4v) is 2.84. The molecule has 2 N–H and O–H groups in total. The van der Waals surface area contributed by atoms with Crippen molar-refractivity contribution in [2.45, 2.75) is 32.7 Å². The van der Waals surface area contributed by atoms with E-state index < -0.39 is 0 Å². The lowest BCUT2D eigenvalue weighted by atomic mass is 10.1. The van der Waals surface area contributed by atoms with Crippen molar-refractivity contribution in [3.8, 4) is 0 Å². The number of ether oxygens (including phenoxy) is 1. The number of rotatable bonds is 5. The Bertz CT molecular complexity index is 685. The Kier molecular flexibility index (Phi) is 4.36. The van der Waals surface area contributed by atoms with Crippen molar-refractivity contribution in [1.29, 1.82) is 0 Å². The average molecular weight is 286 g/mol. The van der Waals surface area contributed by atoms with Gasteiger partial charge < -0.3 is 15.0 Å². The zero-order chi connectivity index (χ0) is 15.6. The summed E-state index contributed by atoms with van der Waals surface area (Å²) < 4.78 is 7.12. The topological polar surface area (TPSA) is 57.2 Å². The molecule has 1 heterocycles. The number of hydrogen-bond acceptors (Lipinski definition) is 3. The van der Waals surface area contributed by atoms with E-state index in [0.717, 1.165) is 29.4 Å². The van der Waals surface area contributed by atoms with Crippen LogP contribution in [0.5, 0.6) is 0 Å². The fraction of sp³-hybridized carbons (Fsp3) is 0.353. The van der Waals surface area contributed by atoms with E-state index in [0.29, 0.717) is 11.3 Å². The van der Waals surface area contributed by atoms with Crippen LogP contribution in [0.15, 0.2) is 36.5 Å². The van der Waals surface area contributed by atoms with Crippen LogP contribution < -0.4 is 5.73 Å². The first-order chi connectivity index (χ1) is 9.97. The first-order valence-electron chi connectivity index (χ1n) is 7.08. The molecule has 0 saturated heterocycles. The predicted octanol–water partition coefficient (Wildman–Crippen LogP) is 3.55. The van der Waals surface area contributed by atoms with Gasteiger partial charge >= 0.3 is 5.97 Å². The maximum atomic E-state index is 12.1. The molecule has 0 radical (unpaired) electrons. The average Bonchev–Trinajstić information content (AvgIpc) is 2.76. The first-order valence-corrected chi connectivity index (χ1v) is 7.08. The van der Waals surface area contributed by atoms with Crippen molar-refractivity contribution in [1.82, 2.24) is 4.57 Å². The smallest absolute Gasteiger partial charge is 0.340 e. The molecule has 0 spiro atoms. The summed E-state index contributed by atoms with van der Waals surface area (Å²) in [6.45, 7) is 7.83. The Morgan fingerprint density at radius 2 is 2.10 bits per heavy atom. The van der Waals surface area contributed by atoms with Gasteiger partial charge in [0.15, 0.2) is 0 Å². The maximum absolute atomic E-state index is 12.1. The quantitative estimate of drug-likeness (QED) is 0.855. The van der Waals surface area contributed by atoms with Crippen LogP contribution in [0, 0.1) is 6.92 Å². The van der Waals surface area contributed by atoms with Crippen LogP contribution in [0.2, 0.25) is 0 Å². The van der Waals surface area contributed by atoms with Gasteiger partial charge in [0.1, 0.15) is 0 Å². The van der Waals surface area contributed by atoms with E-state index in [1.54, 1.807) is 0 Å². The number of benzene rings is 1. The zero-order valence-electron chi connectivity index (χ0n) is 12.8. The summed E-state index contributed by atoms with van der Waals surface area (Å²) in [5, 5.41) is 0.931. The highest BCUT2D eigenvalue weighted by molar-refractivity contribution is 6.05. The second-order valence-electron chi connectivity index (χ2n) is 5.39. The van der Waals surface area contributed by atoms with Crippen LogP contribution in [0.1, 0.15) is 41.9 Å². The Hall–Kier alpha value is -2.23. The van der Waals surface area contributed by atoms with E-state index in [4.69, 9.17) is 10.5 Å². The molecule has 0 bridgehead atoms. The first kappa shape index (κ1) is 15.2. The summed E-state index contributed by atoms with van der Waals surface area (Å²) in [6, 6.07) is 8.13. The number of methoxy groups -OCH3 is 1. The van der Waals surface area contributed by atoms with E-state index in [9.17, 15) is 4.79 Å². The Morgan fingerprint density at radius 3 is 2.71 bits per heavy atom. The van der Waals surface area contributed by atoms with Crippen LogP contribution in [0.25, 0.3) is 10.9 Å². The minimum atomic E-state index is -0.294. The van der Waals surface area contributed by atoms with Gasteiger partial charge in [-0.15, -0.1) is 0 Å². The molecular weight excluding hydrogens is 264 g/mol. The molecule has 1 aromatic heterocycles. The van der Waals surface area contributed by atoms with E-state index in [1.807, 2.05) is 31.2 Å². The van der Waals surface area contributed by atoms with Gasteiger partial charge in [-0.05, 0) is 32.8 Å². The number of hydrogen-bond donors (Lipinski definition) is 1. The highest BCUT2D eigenvalue weighted by atomic mass is 16.5. The molecule has 0 fully saturated rings. The molecule has 0 unspecified atom stereocenters. The fourth-order valence-electron chi connectivity index (χ4n) is 2.84. The van der Waals surface area contributed by atoms with E-state index in [2.05, 4.69) is 18.1 Å². The molecule has 1 atom stereocenters. The molecule has 1 aromatic carbocycles. The van der Waals surface area contributed by atoms with Crippen molar-refractivity contribution in [3.63, 3.8) is 0 Å². The lowest BCUT2D eigenvalue weighted by molar-refractivity contribution is 0.0601. The summed E-state index contributed by atoms with van der Waals surface area (Å²) >= 11 is 0. The highest BCUT2D eigenvalue weighted by Gasteiger charge is 2.22. The molecule has 4 heteroatoms. The number of nitrogens with zero attached hydrogens (tertiary/aromatic N) is 1. The Labute approximate surface area is 125 Å². The van der Waals surface area contributed by atoms with E-state index in [1.165, 1.54) is 7.11 Å². The monoisotopic (exact) mass is 286 g/mol. The molecule has 0 amide bonds. The van der Waals surface area contributed by atoms with Crippen molar-refractivity contribution in [2.24, 2.45) is 5.73 Å². The minimum Gasteiger partial charge on any atom is -0.465 e. The summed E-state index contributed by atoms with van der Waals surface area (Å²) in [7, 11) is 1.41. The van der Waals surface area contributed by atoms with E-state index in [-0.39, 0.29) is 12.0 Å². The number of nitrogens with two attached hydrogens (primary N) is 1. The van der Waals surface area contributed by atoms with Gasteiger partial charge in [-0.2, -0.15) is 0 Å². The predicted molar refractivity (Wildman–Crippen MR) is 85.3 cm³/mol. The van der Waals surface area contributed by atoms with Crippen molar-refractivity contribution >= 4 is 16.9 Å². The van der Waals surface area contributed by atoms with Gasteiger partial charge in [-0.1, -0.05) is 24.8 Å². The summed E-state index contributed by atoms with van der Waals surface area (Å²) in [6.07, 6.45) is 1.65. The highest BCUT2D eigenvalue weighted by Crippen LogP contribution is 2.31. The minimum absolute atomic E-state index is 0.230. The second-order valence-corrected chi connectivity index (χ2v) is 5.39. The van der Waals surface area contributed by atoms with Crippen LogP contribution in [-0.2, 0) is 4.74 Å². The molecule has 2 rings (SSSR count). The molecule has 0 aliphatic heterocycles. The van der Waals surface area contributed by atoms with E-state index >= 15 is 0 Å². The van der Waals surface area contributed by atoms with Gasteiger partial charge in [0.2, 0.25) is 0 Å². The molecule has 0 saturated carbocycles. The molecule has 2 aromatic rings. The normalized spacial score (nSPS) is 12.3. The van der Waals surface area contributed by atoms with Crippen molar-refractivity contribution < 1.29 is 9.53 Å². The Morgan fingerprint density at radius 1 is 1.43 bits per heavy atom. The van der Waals surface area contributed by atoms with Crippen LogP contribution in [-0.4, -0.2) is 17.6 Å².